The number of hydrogen-bond acceptors (Lipinski definition) is 8. The summed E-state index contributed by atoms with van der Waals surface area (Å²) in [4.78, 5) is 70.3. The number of aliphatic carboxylic acids is 1. The van der Waals surface area contributed by atoms with Crippen LogP contribution in [-0.2, 0) is 39.9 Å². The molecule has 0 aromatic heterocycles. The number of carbonyl (C=O) groups is 5. The van der Waals surface area contributed by atoms with Gasteiger partial charge in [0.15, 0.2) is 0 Å². The summed E-state index contributed by atoms with van der Waals surface area (Å²) in [7, 11) is 6.46. The van der Waals surface area contributed by atoms with Crippen LogP contribution in [0.1, 0.15) is 79.7 Å². The third kappa shape index (κ3) is 11.7. The van der Waals surface area contributed by atoms with E-state index in [1.165, 1.54) is 14.2 Å². The van der Waals surface area contributed by atoms with E-state index in [1.807, 2.05) is 71.9 Å². The van der Waals surface area contributed by atoms with Crippen molar-refractivity contribution in [2.45, 2.75) is 123 Å². The van der Waals surface area contributed by atoms with Gasteiger partial charge < -0.3 is 40.3 Å². The molecular weight excluding hydrogens is 666 g/mol. The minimum absolute atomic E-state index is 0.0112. The molecule has 13 heteroatoms. The standard InChI is InChI=1S/C39H65N5O8/c1-12-25(6)34(43(9)38(48)33(24(4)5)42-37(47)32(40-8)23(2)3)30(51-10)22-31(45)44-20-16-19-29(44)35(52-11)26(7)36(46)41-28(39(49)50)21-27-17-14-13-15-18-27/h13-15,17-18,23-26,28-30,32-35,40H,12,16,19-22H2,1-11H3,(H,41,46)(H,42,47)(H,49,50)/t25-,26?,28+,29-,30+,32-,33-,34?,35+/m0/s1. The molecule has 1 aromatic carbocycles. The molecule has 1 aliphatic heterocycles. The molecule has 0 spiro atoms. The highest BCUT2D eigenvalue weighted by Gasteiger charge is 2.43. The minimum atomic E-state index is -1.14. The number of ether oxygens (including phenoxy) is 2. The minimum Gasteiger partial charge on any atom is -0.480 e. The Morgan fingerprint density at radius 3 is 2.04 bits per heavy atom. The molecule has 0 radical (unpaired) electrons. The highest BCUT2D eigenvalue weighted by Crippen LogP contribution is 2.29. The number of rotatable bonds is 21. The monoisotopic (exact) mass is 731 g/mol. The molecule has 52 heavy (non-hydrogen) atoms. The van der Waals surface area contributed by atoms with E-state index >= 15 is 0 Å². The van der Waals surface area contributed by atoms with E-state index in [0.29, 0.717) is 19.4 Å². The normalized spacial score (nSPS) is 19.2. The predicted octanol–water partition coefficient (Wildman–Crippen LogP) is 3.10. The Bertz CT molecular complexity index is 1310. The van der Waals surface area contributed by atoms with Crippen LogP contribution in [0, 0.1) is 23.7 Å². The summed E-state index contributed by atoms with van der Waals surface area (Å²) in [6.45, 7) is 13.9. The first kappa shape index (κ1) is 44.6. The first-order valence-corrected chi connectivity index (χ1v) is 18.7. The van der Waals surface area contributed by atoms with Crippen molar-refractivity contribution in [3.63, 3.8) is 0 Å². The maximum absolute atomic E-state index is 14.1. The lowest BCUT2D eigenvalue weighted by Crippen LogP contribution is -2.59. The predicted molar refractivity (Wildman–Crippen MR) is 200 cm³/mol. The first-order valence-electron chi connectivity index (χ1n) is 18.7. The van der Waals surface area contributed by atoms with Crippen LogP contribution in [0.4, 0.5) is 0 Å². The molecule has 4 amide bonds. The molecule has 0 saturated carbocycles. The fourth-order valence-electron chi connectivity index (χ4n) is 7.40. The van der Waals surface area contributed by atoms with Gasteiger partial charge in [-0.2, -0.15) is 0 Å². The van der Waals surface area contributed by atoms with Crippen LogP contribution >= 0.6 is 0 Å². The summed E-state index contributed by atoms with van der Waals surface area (Å²) in [5.74, 6) is -3.27. The number of amides is 4. The van der Waals surface area contributed by atoms with Crippen molar-refractivity contribution in [1.82, 2.24) is 25.8 Å². The molecule has 1 heterocycles. The Morgan fingerprint density at radius 2 is 1.54 bits per heavy atom. The number of likely N-dealkylation sites (N-methyl/N-ethyl adjacent to an activating group) is 2. The Hall–Kier alpha value is -3.55. The van der Waals surface area contributed by atoms with Gasteiger partial charge in [-0.3, -0.25) is 19.2 Å². The van der Waals surface area contributed by atoms with Crippen molar-refractivity contribution in [2.75, 3.05) is 34.9 Å². The van der Waals surface area contributed by atoms with Gasteiger partial charge in [0, 0.05) is 34.2 Å². The van der Waals surface area contributed by atoms with Crippen LogP contribution in [-0.4, -0.2) is 122 Å². The van der Waals surface area contributed by atoms with E-state index in [2.05, 4.69) is 16.0 Å². The van der Waals surface area contributed by atoms with E-state index in [0.717, 1.165) is 12.0 Å². The summed E-state index contributed by atoms with van der Waals surface area (Å²) in [6, 6.07) is 5.84. The van der Waals surface area contributed by atoms with E-state index in [-0.39, 0.29) is 48.3 Å². The van der Waals surface area contributed by atoms with Gasteiger partial charge in [0.25, 0.3) is 0 Å². The van der Waals surface area contributed by atoms with Gasteiger partial charge in [-0.25, -0.2) is 4.79 Å². The zero-order chi connectivity index (χ0) is 39.3. The SMILES string of the molecule is CC[C@H](C)C([C@@H](CC(=O)N1CCC[C@H]1[C@H](OC)C(C)C(=O)N[C@H](Cc1ccccc1)C(=O)O)OC)N(C)C(=O)[C@@H](NC(=O)[C@@H](NC)C(C)C)C(C)C. The summed E-state index contributed by atoms with van der Waals surface area (Å²) in [5, 5.41) is 18.5. The highest BCUT2D eigenvalue weighted by molar-refractivity contribution is 5.90. The molecule has 294 valence electrons. The van der Waals surface area contributed by atoms with Crippen molar-refractivity contribution >= 4 is 29.6 Å². The molecule has 4 N–H and O–H groups in total. The van der Waals surface area contributed by atoms with Crippen LogP contribution in [0.5, 0.6) is 0 Å². The first-order chi connectivity index (χ1) is 24.5. The van der Waals surface area contributed by atoms with Crippen LogP contribution in [0.25, 0.3) is 0 Å². The average molecular weight is 732 g/mol. The van der Waals surface area contributed by atoms with E-state index in [9.17, 15) is 29.1 Å². The van der Waals surface area contributed by atoms with E-state index < -0.39 is 60.2 Å². The number of nitrogens with one attached hydrogen (secondary N) is 3. The summed E-state index contributed by atoms with van der Waals surface area (Å²) < 4.78 is 11.8. The Labute approximate surface area is 310 Å². The molecule has 1 aliphatic rings. The molecule has 1 aromatic rings. The molecule has 1 fully saturated rings. The second-order valence-corrected chi connectivity index (χ2v) is 14.9. The van der Waals surface area contributed by atoms with Gasteiger partial charge in [-0.15, -0.1) is 0 Å². The Balaban J connectivity index is 2.26. The van der Waals surface area contributed by atoms with Crippen LogP contribution in [0.3, 0.4) is 0 Å². The fourth-order valence-corrected chi connectivity index (χ4v) is 7.40. The number of benzene rings is 1. The fraction of sp³-hybridized carbons (Fsp3) is 0.718. The molecule has 1 saturated heterocycles. The number of carboxylic acid groups (broad SMARTS) is 1. The quantitative estimate of drug-likeness (QED) is 0.149. The van der Waals surface area contributed by atoms with Gasteiger partial charge in [0.05, 0.1) is 42.7 Å². The van der Waals surface area contributed by atoms with Crippen molar-refractivity contribution in [3.8, 4) is 0 Å². The summed E-state index contributed by atoms with van der Waals surface area (Å²) in [5.41, 5.74) is 0.785. The van der Waals surface area contributed by atoms with Gasteiger partial charge in [0.2, 0.25) is 23.6 Å². The topological polar surface area (TPSA) is 167 Å². The van der Waals surface area contributed by atoms with Gasteiger partial charge in [-0.05, 0) is 43.2 Å². The van der Waals surface area contributed by atoms with Crippen molar-refractivity contribution in [1.29, 1.82) is 0 Å². The zero-order valence-electron chi connectivity index (χ0n) is 33.2. The molecule has 13 nitrogen and oxygen atoms in total. The molecular formula is C39H65N5O8. The highest BCUT2D eigenvalue weighted by atomic mass is 16.5. The van der Waals surface area contributed by atoms with Crippen LogP contribution in [0.2, 0.25) is 0 Å². The maximum Gasteiger partial charge on any atom is 0.326 e. The number of hydrogen-bond donors (Lipinski definition) is 4. The Kier molecular flexibility index (Phi) is 18.2. The third-order valence-electron chi connectivity index (χ3n) is 10.6. The van der Waals surface area contributed by atoms with E-state index in [1.54, 1.807) is 30.8 Å². The number of carboxylic acids is 1. The number of carbonyl (C=O) groups excluding carboxylic acids is 4. The van der Waals surface area contributed by atoms with Crippen LogP contribution in [0.15, 0.2) is 30.3 Å². The van der Waals surface area contributed by atoms with Gasteiger partial charge in [-0.1, -0.05) is 85.2 Å². The summed E-state index contributed by atoms with van der Waals surface area (Å²) in [6.07, 6.45) is 0.818. The number of methoxy groups -OCH3 is 2. The number of nitrogens with zero attached hydrogens (tertiary/aromatic N) is 2. The third-order valence-corrected chi connectivity index (χ3v) is 10.6. The molecule has 2 rings (SSSR count). The lowest BCUT2D eigenvalue weighted by Gasteiger charge is -2.41. The molecule has 0 bridgehead atoms. The maximum atomic E-state index is 14.1. The second-order valence-electron chi connectivity index (χ2n) is 14.9. The molecule has 9 atom stereocenters. The van der Waals surface area contributed by atoms with Crippen LogP contribution < -0.4 is 16.0 Å². The Morgan fingerprint density at radius 1 is 0.923 bits per heavy atom. The van der Waals surface area contributed by atoms with Crippen molar-refractivity contribution in [2.24, 2.45) is 23.7 Å². The van der Waals surface area contributed by atoms with Crippen molar-refractivity contribution in [3.05, 3.63) is 35.9 Å². The van der Waals surface area contributed by atoms with Crippen molar-refractivity contribution < 1.29 is 38.6 Å². The lowest BCUT2D eigenvalue weighted by atomic mass is 9.89. The molecule has 2 unspecified atom stereocenters. The average Bonchev–Trinajstić information content (AvgIpc) is 3.59. The lowest BCUT2D eigenvalue weighted by molar-refractivity contribution is -0.148. The summed E-state index contributed by atoms with van der Waals surface area (Å²) >= 11 is 0. The number of likely N-dealkylation sites (tertiary alicyclic amines) is 1. The molecule has 0 aliphatic carbocycles. The smallest absolute Gasteiger partial charge is 0.326 e. The zero-order valence-corrected chi connectivity index (χ0v) is 33.2. The van der Waals surface area contributed by atoms with Gasteiger partial charge >= 0.3 is 5.97 Å². The van der Waals surface area contributed by atoms with Gasteiger partial charge in [0.1, 0.15) is 12.1 Å². The largest absolute Gasteiger partial charge is 0.480 e. The second kappa shape index (κ2) is 21.2. The van der Waals surface area contributed by atoms with E-state index in [4.69, 9.17) is 9.47 Å².